The van der Waals surface area contributed by atoms with Crippen LogP contribution in [-0.4, -0.2) is 14.8 Å². The Balaban J connectivity index is 2.33. The van der Waals surface area contributed by atoms with Crippen LogP contribution in [0.25, 0.3) is 0 Å². The van der Waals surface area contributed by atoms with E-state index in [0.717, 1.165) is 24.2 Å². The van der Waals surface area contributed by atoms with Gasteiger partial charge in [-0.2, -0.15) is 5.10 Å². The molecule has 0 radical (unpaired) electrons. The number of thiocarbonyl (C=S) groups is 1. The highest BCUT2D eigenvalue weighted by Crippen LogP contribution is 2.17. The van der Waals surface area contributed by atoms with Crippen LogP contribution in [0.4, 0.5) is 0 Å². The second-order valence-electron chi connectivity index (χ2n) is 5.17. The molecule has 0 spiro atoms. The predicted octanol–water partition coefficient (Wildman–Crippen LogP) is 3.05. The van der Waals surface area contributed by atoms with Gasteiger partial charge in [0.15, 0.2) is 0 Å². The van der Waals surface area contributed by atoms with Crippen molar-refractivity contribution in [3.05, 3.63) is 51.8 Å². The Kier molecular flexibility index (Phi) is 4.23. The quantitative estimate of drug-likeness (QED) is 0.879. The number of hydrogen-bond acceptors (Lipinski definition) is 2. The van der Waals surface area contributed by atoms with Gasteiger partial charge in [-0.1, -0.05) is 31.3 Å². The van der Waals surface area contributed by atoms with Gasteiger partial charge in [-0.3, -0.25) is 4.68 Å². The summed E-state index contributed by atoms with van der Waals surface area (Å²) in [7, 11) is 0. The van der Waals surface area contributed by atoms with Crippen LogP contribution in [0.15, 0.2) is 18.2 Å². The Morgan fingerprint density at radius 2 is 2.00 bits per heavy atom. The third-order valence-corrected chi connectivity index (χ3v) is 4.07. The lowest BCUT2D eigenvalue weighted by Crippen LogP contribution is -2.11. The molecule has 0 fully saturated rings. The predicted molar refractivity (Wildman–Crippen MR) is 87.2 cm³/mol. The number of rotatable bonds is 4. The smallest absolute Gasteiger partial charge is 0.103 e. The molecule has 2 rings (SSSR count). The van der Waals surface area contributed by atoms with Crippen LogP contribution in [0.1, 0.15) is 40.6 Å². The molecule has 1 aromatic heterocycles. The maximum atomic E-state index is 5.66. The topological polar surface area (TPSA) is 43.8 Å². The van der Waals surface area contributed by atoms with Crippen LogP contribution in [0.3, 0.4) is 0 Å². The Bertz CT molecular complexity index is 656. The Labute approximate surface area is 125 Å². The van der Waals surface area contributed by atoms with Gasteiger partial charge < -0.3 is 5.73 Å². The first-order valence-electron chi connectivity index (χ1n) is 6.86. The lowest BCUT2D eigenvalue weighted by atomic mass is 10.0. The summed E-state index contributed by atoms with van der Waals surface area (Å²) >= 11 is 5.01. The molecule has 2 aromatic rings. The van der Waals surface area contributed by atoms with E-state index in [-0.39, 0.29) is 0 Å². The summed E-state index contributed by atoms with van der Waals surface area (Å²) in [6.07, 6.45) is 1.02. The van der Waals surface area contributed by atoms with Gasteiger partial charge in [0, 0.05) is 11.3 Å². The van der Waals surface area contributed by atoms with Gasteiger partial charge in [-0.25, -0.2) is 0 Å². The van der Waals surface area contributed by atoms with E-state index in [1.165, 1.54) is 22.4 Å². The second kappa shape index (κ2) is 5.75. The minimum absolute atomic E-state index is 0.444. The van der Waals surface area contributed by atoms with Crippen molar-refractivity contribution in [1.29, 1.82) is 0 Å². The van der Waals surface area contributed by atoms with Crippen molar-refractivity contribution < 1.29 is 0 Å². The van der Waals surface area contributed by atoms with E-state index in [1.807, 2.05) is 12.1 Å². The average molecular weight is 287 g/mol. The Morgan fingerprint density at radius 1 is 1.30 bits per heavy atom. The molecule has 0 saturated carbocycles. The minimum Gasteiger partial charge on any atom is -0.389 e. The summed E-state index contributed by atoms with van der Waals surface area (Å²) in [5, 5.41) is 4.64. The zero-order valence-electron chi connectivity index (χ0n) is 12.5. The number of aromatic nitrogens is 2. The number of aryl methyl sites for hydroxylation is 2. The number of benzene rings is 1. The van der Waals surface area contributed by atoms with Crippen molar-refractivity contribution in [3.63, 3.8) is 0 Å². The summed E-state index contributed by atoms with van der Waals surface area (Å²) in [5.74, 6) is 0. The lowest BCUT2D eigenvalue weighted by Gasteiger charge is -2.10. The van der Waals surface area contributed by atoms with Crippen molar-refractivity contribution in [2.75, 3.05) is 0 Å². The third kappa shape index (κ3) is 2.75. The molecule has 1 heterocycles. The molecule has 0 atom stereocenters. The van der Waals surface area contributed by atoms with Gasteiger partial charge in [0.05, 0.1) is 12.2 Å². The van der Waals surface area contributed by atoms with Gasteiger partial charge >= 0.3 is 0 Å². The number of nitrogens with two attached hydrogens (primary N) is 1. The van der Waals surface area contributed by atoms with Gasteiger partial charge in [0.1, 0.15) is 4.99 Å². The molecule has 4 heteroatoms. The molecular weight excluding hydrogens is 266 g/mol. The summed E-state index contributed by atoms with van der Waals surface area (Å²) in [5.41, 5.74) is 12.8. The monoisotopic (exact) mass is 287 g/mol. The fraction of sp³-hybridized carbons (Fsp3) is 0.375. The number of nitrogens with zero attached hydrogens (tertiary/aromatic N) is 2. The van der Waals surface area contributed by atoms with Crippen molar-refractivity contribution in [1.82, 2.24) is 9.78 Å². The first-order chi connectivity index (χ1) is 9.43. The van der Waals surface area contributed by atoms with Crippen molar-refractivity contribution in [2.45, 2.75) is 40.7 Å². The van der Waals surface area contributed by atoms with Crippen molar-refractivity contribution in [2.24, 2.45) is 5.73 Å². The molecule has 0 aliphatic rings. The second-order valence-corrected chi connectivity index (χ2v) is 5.61. The highest BCUT2D eigenvalue weighted by molar-refractivity contribution is 7.80. The van der Waals surface area contributed by atoms with E-state index in [4.69, 9.17) is 18.0 Å². The van der Waals surface area contributed by atoms with Gasteiger partial charge in [-0.15, -0.1) is 0 Å². The molecular formula is C16H21N3S. The van der Waals surface area contributed by atoms with Crippen LogP contribution in [0.2, 0.25) is 0 Å². The van der Waals surface area contributed by atoms with Gasteiger partial charge in [-0.05, 0) is 49.9 Å². The van der Waals surface area contributed by atoms with Crippen LogP contribution in [-0.2, 0) is 13.0 Å². The standard InChI is InChI=1S/C16H21N3S/c1-5-15-11(3)18-19(12(15)4)9-14-7-6-13(16(17)20)8-10(14)2/h6-8H,5,9H2,1-4H3,(H2,17,20). The highest BCUT2D eigenvalue weighted by Gasteiger charge is 2.11. The largest absolute Gasteiger partial charge is 0.389 e. The molecule has 0 amide bonds. The Hall–Kier alpha value is -1.68. The van der Waals surface area contributed by atoms with E-state index in [9.17, 15) is 0 Å². The average Bonchev–Trinajstić information content (AvgIpc) is 2.66. The lowest BCUT2D eigenvalue weighted by molar-refractivity contribution is 0.655. The molecule has 0 aliphatic heterocycles. The molecule has 0 aliphatic carbocycles. The minimum atomic E-state index is 0.444. The maximum absolute atomic E-state index is 5.66. The van der Waals surface area contributed by atoms with E-state index < -0.39 is 0 Å². The third-order valence-electron chi connectivity index (χ3n) is 3.83. The highest BCUT2D eigenvalue weighted by atomic mass is 32.1. The summed E-state index contributed by atoms with van der Waals surface area (Å²) < 4.78 is 2.08. The number of hydrogen-bond donors (Lipinski definition) is 1. The Morgan fingerprint density at radius 3 is 2.50 bits per heavy atom. The zero-order chi connectivity index (χ0) is 14.9. The van der Waals surface area contributed by atoms with E-state index in [2.05, 4.69) is 43.5 Å². The van der Waals surface area contributed by atoms with E-state index in [1.54, 1.807) is 0 Å². The van der Waals surface area contributed by atoms with E-state index in [0.29, 0.717) is 4.99 Å². The fourth-order valence-corrected chi connectivity index (χ4v) is 2.71. The maximum Gasteiger partial charge on any atom is 0.103 e. The molecule has 0 bridgehead atoms. The SMILES string of the molecule is CCc1c(C)nn(Cc2ccc(C(N)=S)cc2C)c1C. The molecule has 106 valence electrons. The molecule has 1 aromatic carbocycles. The molecule has 0 saturated heterocycles. The first kappa shape index (κ1) is 14.7. The van der Waals surface area contributed by atoms with Crippen LogP contribution < -0.4 is 5.73 Å². The molecule has 0 unspecified atom stereocenters. The zero-order valence-corrected chi connectivity index (χ0v) is 13.3. The van der Waals surface area contributed by atoms with Crippen molar-refractivity contribution in [3.8, 4) is 0 Å². The molecule has 20 heavy (non-hydrogen) atoms. The summed E-state index contributed by atoms with van der Waals surface area (Å²) in [6, 6.07) is 6.12. The van der Waals surface area contributed by atoms with Crippen LogP contribution in [0.5, 0.6) is 0 Å². The first-order valence-corrected chi connectivity index (χ1v) is 7.27. The van der Waals surface area contributed by atoms with Crippen LogP contribution in [0, 0.1) is 20.8 Å². The molecule has 2 N–H and O–H groups in total. The summed E-state index contributed by atoms with van der Waals surface area (Å²) in [6.45, 7) is 9.26. The molecule has 3 nitrogen and oxygen atoms in total. The fourth-order valence-electron chi connectivity index (χ4n) is 2.59. The summed E-state index contributed by atoms with van der Waals surface area (Å²) in [4.78, 5) is 0.444. The van der Waals surface area contributed by atoms with Crippen LogP contribution >= 0.6 is 12.2 Å². The van der Waals surface area contributed by atoms with Gasteiger partial charge in [0.2, 0.25) is 0 Å². The van der Waals surface area contributed by atoms with Crippen molar-refractivity contribution >= 4 is 17.2 Å². The normalized spacial score (nSPS) is 10.8. The van der Waals surface area contributed by atoms with Gasteiger partial charge in [0.25, 0.3) is 0 Å². The van der Waals surface area contributed by atoms with E-state index >= 15 is 0 Å².